The first-order valence-corrected chi connectivity index (χ1v) is 8.02. The van der Waals surface area contributed by atoms with Crippen LogP contribution in [0.15, 0.2) is 0 Å². The second kappa shape index (κ2) is 5.40. The molecule has 0 aromatic heterocycles. The zero-order valence-electron chi connectivity index (χ0n) is 10.4. The molecule has 1 rings (SSSR count). The van der Waals surface area contributed by atoms with Crippen LogP contribution in [0.1, 0.15) is 13.8 Å². The molecule has 0 aliphatic carbocycles. The molecule has 1 aliphatic rings. The van der Waals surface area contributed by atoms with E-state index in [4.69, 9.17) is 13.6 Å². The second-order valence-electron chi connectivity index (χ2n) is 4.77. The number of rotatable bonds is 2. The SMILES string of the molecule is CC1COCC(C)O[Si](C)(CN(C)C)O1. The Morgan fingerprint density at radius 3 is 2.00 bits per heavy atom. The highest BCUT2D eigenvalue weighted by molar-refractivity contribution is 6.66. The third kappa shape index (κ3) is 4.61. The van der Waals surface area contributed by atoms with E-state index in [-0.39, 0.29) is 12.2 Å². The van der Waals surface area contributed by atoms with Crippen molar-refractivity contribution >= 4 is 8.56 Å². The van der Waals surface area contributed by atoms with Crippen LogP contribution < -0.4 is 0 Å². The first-order chi connectivity index (χ1) is 6.91. The molecule has 1 heterocycles. The summed E-state index contributed by atoms with van der Waals surface area (Å²) >= 11 is 0. The maximum atomic E-state index is 6.01. The highest BCUT2D eigenvalue weighted by Gasteiger charge is 2.37. The summed E-state index contributed by atoms with van der Waals surface area (Å²) < 4.78 is 17.5. The Bertz CT molecular complexity index is 189. The smallest absolute Gasteiger partial charge is 0.350 e. The van der Waals surface area contributed by atoms with Gasteiger partial charge in [0.2, 0.25) is 0 Å². The molecule has 1 fully saturated rings. The predicted molar refractivity (Wildman–Crippen MR) is 62.1 cm³/mol. The first-order valence-electron chi connectivity index (χ1n) is 5.49. The van der Waals surface area contributed by atoms with E-state index in [1.165, 1.54) is 0 Å². The number of ether oxygens (including phenoxy) is 1. The molecule has 0 saturated carbocycles. The van der Waals surface area contributed by atoms with Crippen LogP contribution in [-0.2, 0) is 13.6 Å². The minimum absolute atomic E-state index is 0.133. The molecule has 1 saturated heterocycles. The van der Waals surface area contributed by atoms with Crippen LogP contribution in [0.3, 0.4) is 0 Å². The quantitative estimate of drug-likeness (QED) is 0.666. The van der Waals surface area contributed by atoms with Crippen LogP contribution >= 0.6 is 0 Å². The molecule has 2 atom stereocenters. The lowest BCUT2D eigenvalue weighted by Crippen LogP contribution is -2.54. The number of nitrogens with zero attached hydrogens (tertiary/aromatic N) is 1. The van der Waals surface area contributed by atoms with Gasteiger partial charge in [-0.25, -0.2) is 0 Å². The normalized spacial score (nSPS) is 38.8. The average molecular weight is 233 g/mol. The van der Waals surface area contributed by atoms with Crippen molar-refractivity contribution in [3.8, 4) is 0 Å². The average Bonchev–Trinajstić information content (AvgIpc) is 1.98. The van der Waals surface area contributed by atoms with Crippen LogP contribution in [0, 0.1) is 0 Å². The standard InChI is InChI=1S/C10H23NO3Si/c1-9-6-12-7-10(2)14-15(5,13-9)8-11(3)4/h9-10H,6-8H2,1-5H3. The van der Waals surface area contributed by atoms with Crippen molar-refractivity contribution in [2.24, 2.45) is 0 Å². The maximum absolute atomic E-state index is 6.01. The molecular formula is C10H23NO3Si. The fourth-order valence-corrected chi connectivity index (χ4v) is 5.19. The van der Waals surface area contributed by atoms with E-state index in [2.05, 4.69) is 25.5 Å². The summed E-state index contributed by atoms with van der Waals surface area (Å²) in [5.41, 5.74) is 0. The molecule has 4 nitrogen and oxygen atoms in total. The predicted octanol–water partition coefficient (Wildman–Crippen LogP) is 1.000. The van der Waals surface area contributed by atoms with Gasteiger partial charge in [0.1, 0.15) is 0 Å². The summed E-state index contributed by atoms with van der Waals surface area (Å²) in [6, 6.07) is 0. The van der Waals surface area contributed by atoms with E-state index < -0.39 is 8.56 Å². The molecule has 0 bridgehead atoms. The van der Waals surface area contributed by atoms with E-state index in [0.717, 1.165) is 6.17 Å². The fourth-order valence-electron chi connectivity index (χ4n) is 2.00. The summed E-state index contributed by atoms with van der Waals surface area (Å²) in [5.74, 6) is 0. The highest BCUT2D eigenvalue weighted by atomic mass is 28.4. The van der Waals surface area contributed by atoms with Gasteiger partial charge in [-0.3, -0.25) is 0 Å². The maximum Gasteiger partial charge on any atom is 0.350 e. The molecule has 5 heteroatoms. The second-order valence-corrected chi connectivity index (χ2v) is 7.82. The van der Waals surface area contributed by atoms with E-state index in [0.29, 0.717) is 13.2 Å². The van der Waals surface area contributed by atoms with Gasteiger partial charge in [-0.2, -0.15) is 0 Å². The van der Waals surface area contributed by atoms with Gasteiger partial charge in [-0.15, -0.1) is 0 Å². The van der Waals surface area contributed by atoms with Crippen molar-refractivity contribution in [3.05, 3.63) is 0 Å². The Balaban J connectivity index is 2.63. The zero-order valence-corrected chi connectivity index (χ0v) is 11.4. The molecule has 0 aromatic carbocycles. The van der Waals surface area contributed by atoms with Gasteiger partial charge in [-0.05, 0) is 34.5 Å². The molecule has 0 N–H and O–H groups in total. The van der Waals surface area contributed by atoms with Crippen molar-refractivity contribution in [2.75, 3.05) is 33.5 Å². The third-order valence-electron chi connectivity index (χ3n) is 2.21. The van der Waals surface area contributed by atoms with Crippen molar-refractivity contribution in [2.45, 2.75) is 32.6 Å². The Morgan fingerprint density at radius 1 is 1.13 bits per heavy atom. The minimum atomic E-state index is -2.06. The monoisotopic (exact) mass is 233 g/mol. The summed E-state index contributed by atoms with van der Waals surface area (Å²) in [6.07, 6.45) is 1.16. The molecule has 2 unspecified atom stereocenters. The van der Waals surface area contributed by atoms with Gasteiger partial charge in [-0.1, -0.05) is 0 Å². The van der Waals surface area contributed by atoms with Gasteiger partial charge >= 0.3 is 8.56 Å². The Kier molecular flexibility index (Phi) is 4.73. The van der Waals surface area contributed by atoms with Crippen LogP contribution in [0.5, 0.6) is 0 Å². The van der Waals surface area contributed by atoms with Crippen LogP contribution in [0.2, 0.25) is 6.55 Å². The Morgan fingerprint density at radius 2 is 1.60 bits per heavy atom. The van der Waals surface area contributed by atoms with Crippen LogP contribution in [-0.4, -0.2) is 59.1 Å². The van der Waals surface area contributed by atoms with Gasteiger partial charge in [0, 0.05) is 6.17 Å². The zero-order chi connectivity index (χ0) is 11.5. The van der Waals surface area contributed by atoms with Gasteiger partial charge in [0.05, 0.1) is 25.4 Å². The molecule has 90 valence electrons. The van der Waals surface area contributed by atoms with Crippen molar-refractivity contribution in [1.29, 1.82) is 0 Å². The summed E-state index contributed by atoms with van der Waals surface area (Å²) in [6.45, 7) is 7.55. The van der Waals surface area contributed by atoms with Crippen molar-refractivity contribution in [1.82, 2.24) is 4.90 Å². The molecule has 0 aromatic rings. The van der Waals surface area contributed by atoms with E-state index >= 15 is 0 Å². The molecule has 1 aliphatic heterocycles. The Hall–Kier alpha value is 0.0569. The summed E-state index contributed by atoms with van der Waals surface area (Å²) in [7, 11) is 2.04. The summed E-state index contributed by atoms with van der Waals surface area (Å²) in [4.78, 5) is 2.13. The van der Waals surface area contributed by atoms with Gasteiger partial charge < -0.3 is 18.5 Å². The highest BCUT2D eigenvalue weighted by Crippen LogP contribution is 2.17. The molecule has 0 spiro atoms. The topological polar surface area (TPSA) is 30.9 Å². The van der Waals surface area contributed by atoms with Gasteiger partial charge in [0.15, 0.2) is 0 Å². The van der Waals surface area contributed by atoms with E-state index in [1.807, 2.05) is 13.8 Å². The van der Waals surface area contributed by atoms with Crippen molar-refractivity contribution < 1.29 is 13.6 Å². The van der Waals surface area contributed by atoms with Crippen LogP contribution in [0.25, 0.3) is 0 Å². The lowest BCUT2D eigenvalue weighted by Gasteiger charge is -2.36. The van der Waals surface area contributed by atoms with Gasteiger partial charge in [0.25, 0.3) is 0 Å². The third-order valence-corrected chi connectivity index (χ3v) is 5.22. The number of hydrogen-bond donors (Lipinski definition) is 0. The first kappa shape index (κ1) is 13.1. The molecule has 0 amide bonds. The molecular weight excluding hydrogens is 210 g/mol. The van der Waals surface area contributed by atoms with Crippen molar-refractivity contribution in [3.63, 3.8) is 0 Å². The van der Waals surface area contributed by atoms with E-state index in [9.17, 15) is 0 Å². The molecule has 0 radical (unpaired) electrons. The van der Waals surface area contributed by atoms with Crippen LogP contribution in [0.4, 0.5) is 0 Å². The largest absolute Gasteiger partial charge is 0.388 e. The Labute approximate surface area is 93.7 Å². The number of hydrogen-bond acceptors (Lipinski definition) is 4. The fraction of sp³-hybridized carbons (Fsp3) is 1.00. The molecule has 15 heavy (non-hydrogen) atoms. The summed E-state index contributed by atoms with van der Waals surface area (Å²) in [5, 5.41) is 0. The lowest BCUT2D eigenvalue weighted by molar-refractivity contribution is -0.0390. The minimum Gasteiger partial charge on any atom is -0.388 e. The van der Waals surface area contributed by atoms with E-state index in [1.54, 1.807) is 0 Å². The lowest BCUT2D eigenvalue weighted by atomic mass is 10.4.